The van der Waals surface area contributed by atoms with Crippen LogP contribution in [-0.4, -0.2) is 90.0 Å². The number of hydrogen-bond donors (Lipinski definition) is 0. The highest BCUT2D eigenvalue weighted by molar-refractivity contribution is 9.10. The van der Waals surface area contributed by atoms with Gasteiger partial charge < -0.3 is 19.4 Å². The van der Waals surface area contributed by atoms with Crippen LogP contribution in [0.15, 0.2) is 51.5 Å². The summed E-state index contributed by atoms with van der Waals surface area (Å²) in [6.07, 6.45) is 3.88. The van der Waals surface area contributed by atoms with Gasteiger partial charge in [-0.3, -0.25) is 14.6 Å². The maximum absolute atomic E-state index is 12.8. The van der Waals surface area contributed by atoms with E-state index in [2.05, 4.69) is 48.8 Å². The zero-order valence-electron chi connectivity index (χ0n) is 19.3. The van der Waals surface area contributed by atoms with Crippen molar-refractivity contribution in [3.05, 3.63) is 62.8 Å². The Kier molecular flexibility index (Phi) is 8.74. The predicted molar refractivity (Wildman–Crippen MR) is 138 cm³/mol. The lowest BCUT2D eigenvalue weighted by Gasteiger charge is -2.40. The lowest BCUT2D eigenvalue weighted by molar-refractivity contribution is -0.139. The molecule has 2 saturated heterocycles. The summed E-state index contributed by atoms with van der Waals surface area (Å²) in [5.74, 6) is 0.184. The van der Waals surface area contributed by atoms with E-state index in [1.54, 1.807) is 6.20 Å². The normalized spacial score (nSPS) is 19.5. The first kappa shape index (κ1) is 25.3. The Morgan fingerprint density at radius 1 is 1.03 bits per heavy atom. The largest absolute Gasteiger partial charge is 0.373 e. The van der Waals surface area contributed by atoms with Crippen molar-refractivity contribution >= 4 is 43.7 Å². The number of benzene rings is 1. The number of nitrogens with zero attached hydrogens (tertiary/aromatic N) is 4. The molecule has 7 nitrogen and oxygen atoms in total. The maximum atomic E-state index is 12.8. The number of amides is 2. The second kappa shape index (κ2) is 11.7. The molecular formula is C25H30Br2N4O3. The van der Waals surface area contributed by atoms with Gasteiger partial charge in [-0.15, -0.1) is 0 Å². The van der Waals surface area contributed by atoms with Gasteiger partial charge in [0.05, 0.1) is 19.1 Å². The first-order chi connectivity index (χ1) is 16.4. The highest BCUT2D eigenvalue weighted by atomic mass is 79.9. The third-order valence-corrected chi connectivity index (χ3v) is 7.57. The molecule has 2 aliphatic heterocycles. The highest BCUT2D eigenvalue weighted by Gasteiger charge is 2.30. The second-order valence-electron chi connectivity index (χ2n) is 8.95. The molecule has 9 heteroatoms. The van der Waals surface area contributed by atoms with E-state index >= 15 is 0 Å². The highest BCUT2D eigenvalue weighted by Crippen LogP contribution is 2.20. The van der Waals surface area contributed by atoms with E-state index in [-0.39, 0.29) is 17.9 Å². The molecule has 1 aromatic carbocycles. The number of morpholine rings is 1. The van der Waals surface area contributed by atoms with E-state index in [0.717, 1.165) is 52.7 Å². The van der Waals surface area contributed by atoms with Gasteiger partial charge in [0.15, 0.2) is 0 Å². The van der Waals surface area contributed by atoms with Gasteiger partial charge in [-0.25, -0.2) is 0 Å². The fourth-order valence-electron chi connectivity index (χ4n) is 4.59. The quantitative estimate of drug-likeness (QED) is 0.512. The zero-order valence-corrected chi connectivity index (χ0v) is 22.5. The maximum Gasteiger partial charge on any atom is 0.253 e. The molecule has 0 radical (unpaired) electrons. The number of hydrogen-bond acceptors (Lipinski definition) is 5. The molecule has 2 amide bonds. The summed E-state index contributed by atoms with van der Waals surface area (Å²) in [7, 11) is 2.12. The van der Waals surface area contributed by atoms with Crippen LogP contribution in [0.3, 0.4) is 0 Å². The van der Waals surface area contributed by atoms with Gasteiger partial charge in [0.25, 0.3) is 5.91 Å². The molecule has 0 aliphatic carbocycles. The Bertz CT molecular complexity index is 979. The summed E-state index contributed by atoms with van der Waals surface area (Å²) in [5, 5.41) is 0. The van der Waals surface area contributed by atoms with Crippen LogP contribution in [0.5, 0.6) is 0 Å². The van der Waals surface area contributed by atoms with Crippen LogP contribution in [0.25, 0.3) is 0 Å². The smallest absolute Gasteiger partial charge is 0.253 e. The van der Waals surface area contributed by atoms with Gasteiger partial charge in [0, 0.05) is 65.2 Å². The van der Waals surface area contributed by atoms with Crippen LogP contribution < -0.4 is 0 Å². The first-order valence-corrected chi connectivity index (χ1v) is 13.2. The summed E-state index contributed by atoms with van der Waals surface area (Å²) < 4.78 is 7.86. The third-order valence-electron chi connectivity index (χ3n) is 6.57. The monoisotopic (exact) mass is 592 g/mol. The average Bonchev–Trinajstić information content (AvgIpc) is 2.85. The topological polar surface area (TPSA) is 66.0 Å². The van der Waals surface area contributed by atoms with Crippen molar-refractivity contribution in [2.75, 3.05) is 46.4 Å². The molecule has 0 spiro atoms. The Hall–Kier alpha value is -1.81. The van der Waals surface area contributed by atoms with Gasteiger partial charge in [0.1, 0.15) is 0 Å². The number of likely N-dealkylation sites (tertiary alicyclic amines) is 1. The molecule has 1 aromatic heterocycles. The Morgan fingerprint density at radius 3 is 2.41 bits per heavy atom. The van der Waals surface area contributed by atoms with Crippen molar-refractivity contribution < 1.29 is 14.3 Å². The number of aromatic nitrogens is 1. The van der Waals surface area contributed by atoms with Crippen LogP contribution in [0.1, 0.15) is 28.9 Å². The molecule has 182 valence electrons. The van der Waals surface area contributed by atoms with Gasteiger partial charge in [-0.05, 0) is 72.2 Å². The number of rotatable bonds is 6. The number of ether oxygens (including phenoxy) is 1. The molecule has 0 N–H and O–H groups in total. The van der Waals surface area contributed by atoms with E-state index in [9.17, 15) is 9.59 Å². The van der Waals surface area contributed by atoms with Gasteiger partial charge in [-0.2, -0.15) is 0 Å². The molecule has 2 aromatic rings. The van der Waals surface area contributed by atoms with Gasteiger partial charge in [0.2, 0.25) is 5.91 Å². The molecule has 1 atom stereocenters. The summed E-state index contributed by atoms with van der Waals surface area (Å²) in [4.78, 5) is 36.1. The van der Waals surface area contributed by atoms with Gasteiger partial charge >= 0.3 is 0 Å². The van der Waals surface area contributed by atoms with Gasteiger partial charge in [-0.1, -0.05) is 15.9 Å². The van der Waals surface area contributed by atoms with Crippen molar-refractivity contribution in [2.24, 2.45) is 0 Å². The lowest BCUT2D eigenvalue weighted by Crippen LogP contribution is -2.52. The molecule has 4 rings (SSSR count). The molecule has 0 saturated carbocycles. The summed E-state index contributed by atoms with van der Waals surface area (Å²) in [5.41, 5.74) is 1.51. The standard InChI is InChI=1S/C25H30Br2N4O3/c1-29(22-8-10-30(11-9-22)25(33)18-2-4-19(26)5-3-18)16-23-17-31(12-13-34-23)24(32)14-21-7-6-20(27)15-28-21/h2-7,15,22-23H,8-14,16-17H2,1H3. The summed E-state index contributed by atoms with van der Waals surface area (Å²) in [6.45, 7) is 4.04. The van der Waals surface area contributed by atoms with Crippen LogP contribution in [0.2, 0.25) is 0 Å². The fraction of sp³-hybridized carbons (Fsp3) is 0.480. The fourth-order valence-corrected chi connectivity index (χ4v) is 5.09. The van der Waals surface area contributed by atoms with Crippen molar-refractivity contribution in [3.8, 4) is 0 Å². The number of piperidine rings is 1. The second-order valence-corrected chi connectivity index (χ2v) is 10.8. The average molecular weight is 594 g/mol. The number of halogens is 2. The Labute approximate surface area is 217 Å². The lowest BCUT2D eigenvalue weighted by atomic mass is 10.0. The zero-order chi connectivity index (χ0) is 24.1. The van der Waals surface area contributed by atoms with Crippen molar-refractivity contribution in [1.82, 2.24) is 19.7 Å². The van der Waals surface area contributed by atoms with Crippen molar-refractivity contribution in [2.45, 2.75) is 31.4 Å². The van der Waals surface area contributed by atoms with Crippen LogP contribution in [0, 0.1) is 0 Å². The van der Waals surface area contributed by atoms with E-state index in [1.807, 2.05) is 46.2 Å². The minimum absolute atomic E-state index is 0.0111. The molecular weight excluding hydrogens is 564 g/mol. The predicted octanol–water partition coefficient (Wildman–Crippen LogP) is 3.61. The Balaban J connectivity index is 1.24. The third kappa shape index (κ3) is 6.65. The van der Waals surface area contributed by atoms with Crippen LogP contribution in [-0.2, 0) is 16.0 Å². The minimum atomic E-state index is -0.0111. The van der Waals surface area contributed by atoms with E-state index in [0.29, 0.717) is 32.2 Å². The van der Waals surface area contributed by atoms with E-state index in [4.69, 9.17) is 4.74 Å². The molecule has 2 aliphatic rings. The minimum Gasteiger partial charge on any atom is -0.373 e. The molecule has 1 unspecified atom stereocenters. The summed E-state index contributed by atoms with van der Waals surface area (Å²) >= 11 is 6.79. The summed E-state index contributed by atoms with van der Waals surface area (Å²) in [6, 6.07) is 11.7. The molecule has 2 fully saturated rings. The van der Waals surface area contributed by atoms with Crippen molar-refractivity contribution in [3.63, 3.8) is 0 Å². The SMILES string of the molecule is CN(CC1CN(C(=O)Cc2ccc(Br)cn2)CCO1)C1CCN(C(=O)c2ccc(Br)cc2)CC1. The van der Waals surface area contributed by atoms with Crippen molar-refractivity contribution in [1.29, 1.82) is 0 Å². The number of carbonyl (C=O) groups is 2. The van der Waals surface area contributed by atoms with Crippen LogP contribution in [0.4, 0.5) is 0 Å². The molecule has 34 heavy (non-hydrogen) atoms. The first-order valence-electron chi connectivity index (χ1n) is 11.6. The van der Waals surface area contributed by atoms with E-state index in [1.165, 1.54) is 0 Å². The molecule has 3 heterocycles. The Morgan fingerprint density at radius 2 is 1.74 bits per heavy atom. The number of likely N-dealkylation sites (N-methyl/N-ethyl adjacent to an activating group) is 1. The molecule has 0 bridgehead atoms. The number of pyridine rings is 1. The van der Waals surface area contributed by atoms with E-state index < -0.39 is 0 Å². The van der Waals surface area contributed by atoms with Crippen LogP contribution >= 0.6 is 31.9 Å². The number of carbonyl (C=O) groups excluding carboxylic acids is 2.